The van der Waals surface area contributed by atoms with Gasteiger partial charge in [-0.2, -0.15) is 0 Å². The number of aromatic nitrogens is 2. The van der Waals surface area contributed by atoms with Gasteiger partial charge in [-0.1, -0.05) is 0 Å². The second-order valence-electron chi connectivity index (χ2n) is 6.11. The van der Waals surface area contributed by atoms with Gasteiger partial charge in [0.15, 0.2) is 0 Å². The second-order valence-corrected chi connectivity index (χ2v) is 7.25. The number of nitrogens with one attached hydrogen (secondary N) is 3. The van der Waals surface area contributed by atoms with Gasteiger partial charge in [0.25, 0.3) is 5.91 Å². The highest BCUT2D eigenvalue weighted by Gasteiger charge is 2.21. The zero-order chi connectivity index (χ0) is 16.4. The molecule has 6 nitrogen and oxygen atoms in total. The first kappa shape index (κ1) is 15.5. The number of anilines is 1. The zero-order valence-corrected chi connectivity index (χ0v) is 14.2. The molecule has 1 amide bonds. The normalized spacial score (nSPS) is 21.1. The molecule has 1 saturated heterocycles. The van der Waals surface area contributed by atoms with Gasteiger partial charge in [0.1, 0.15) is 5.65 Å². The Kier molecular flexibility index (Phi) is 4.44. The largest absolute Gasteiger partial charge is 0.350 e. The summed E-state index contributed by atoms with van der Waals surface area (Å²) in [5, 5.41) is 7.55. The third-order valence-electron chi connectivity index (χ3n) is 4.50. The number of thioether (sulfide) groups is 1. The number of fused-ring (bicyclic) bond motifs is 1. The number of hydrogen-bond acceptors (Lipinski definition) is 5. The minimum absolute atomic E-state index is 0.0257. The summed E-state index contributed by atoms with van der Waals surface area (Å²) in [6, 6.07) is 4.44. The predicted molar refractivity (Wildman–Crippen MR) is 98.0 cm³/mol. The molecule has 0 aliphatic carbocycles. The molecule has 0 unspecified atom stereocenters. The van der Waals surface area contributed by atoms with E-state index in [1.807, 2.05) is 24.5 Å². The highest BCUT2D eigenvalue weighted by molar-refractivity contribution is 8.04. The van der Waals surface area contributed by atoms with E-state index in [9.17, 15) is 4.79 Å². The van der Waals surface area contributed by atoms with Crippen molar-refractivity contribution in [2.75, 3.05) is 30.3 Å². The monoisotopic (exact) mass is 343 g/mol. The van der Waals surface area contributed by atoms with Crippen LogP contribution in [0.5, 0.6) is 0 Å². The number of carbonyl (C=O) groups excluding carboxylic acids is 1. The number of nitrogens with zero attached hydrogens (tertiary/aromatic N) is 2. The van der Waals surface area contributed by atoms with Crippen molar-refractivity contribution in [1.82, 2.24) is 20.6 Å². The molecule has 0 spiro atoms. The molecule has 24 heavy (non-hydrogen) atoms. The van der Waals surface area contributed by atoms with Crippen LogP contribution in [0.3, 0.4) is 0 Å². The molecule has 0 radical (unpaired) electrons. The summed E-state index contributed by atoms with van der Waals surface area (Å²) in [6.07, 6.45) is 8.00. The highest BCUT2D eigenvalue weighted by atomic mass is 32.2. The zero-order valence-electron chi connectivity index (χ0n) is 13.4. The van der Waals surface area contributed by atoms with Crippen molar-refractivity contribution >= 4 is 34.4 Å². The van der Waals surface area contributed by atoms with Crippen molar-refractivity contribution in [1.29, 1.82) is 0 Å². The van der Waals surface area contributed by atoms with Crippen molar-refractivity contribution in [3.8, 4) is 0 Å². The molecular weight excluding hydrogens is 322 g/mol. The van der Waals surface area contributed by atoms with Crippen molar-refractivity contribution in [2.45, 2.75) is 18.9 Å². The number of carbonyl (C=O) groups is 1. The Bertz CT molecular complexity index is 765. The summed E-state index contributed by atoms with van der Waals surface area (Å²) >= 11 is 1.62. The van der Waals surface area contributed by atoms with Crippen LogP contribution in [0.1, 0.15) is 12.8 Å². The van der Waals surface area contributed by atoms with Crippen LogP contribution in [-0.2, 0) is 4.79 Å². The minimum atomic E-state index is 0.0257. The molecule has 0 bridgehead atoms. The molecule has 1 atom stereocenters. The van der Waals surface area contributed by atoms with Crippen molar-refractivity contribution in [3.05, 3.63) is 35.6 Å². The number of aromatic amines is 1. The first-order chi connectivity index (χ1) is 11.8. The van der Waals surface area contributed by atoms with Crippen LogP contribution in [0.2, 0.25) is 0 Å². The number of amides is 1. The van der Waals surface area contributed by atoms with Crippen LogP contribution < -0.4 is 15.5 Å². The number of H-pyrrole nitrogens is 1. The van der Waals surface area contributed by atoms with E-state index in [4.69, 9.17) is 0 Å². The quantitative estimate of drug-likeness (QED) is 0.790. The standard InChI is InChI=1S/C17H21N5OS/c23-17(21-10-12-2-1-5-18-12)15-11-22(8-9-24-15)14-4-7-20-16-13(14)3-6-19-16/h3-4,6-7,11-12,18H,1-2,5,8-10H2,(H,19,20)(H,21,23)/t12-/m1/s1. The fourth-order valence-electron chi connectivity index (χ4n) is 3.24. The van der Waals surface area contributed by atoms with E-state index in [1.165, 1.54) is 6.42 Å². The lowest BCUT2D eigenvalue weighted by molar-refractivity contribution is -0.116. The molecule has 1 fully saturated rings. The smallest absolute Gasteiger partial charge is 0.259 e. The summed E-state index contributed by atoms with van der Waals surface area (Å²) in [5.41, 5.74) is 1.96. The van der Waals surface area contributed by atoms with E-state index in [1.54, 1.807) is 18.0 Å². The van der Waals surface area contributed by atoms with Crippen LogP contribution in [-0.4, -0.2) is 47.3 Å². The van der Waals surface area contributed by atoms with E-state index in [0.717, 1.165) is 46.9 Å². The van der Waals surface area contributed by atoms with E-state index in [2.05, 4.69) is 25.5 Å². The topological polar surface area (TPSA) is 73.1 Å². The van der Waals surface area contributed by atoms with Gasteiger partial charge in [-0.15, -0.1) is 11.8 Å². The van der Waals surface area contributed by atoms with Crippen molar-refractivity contribution in [2.24, 2.45) is 0 Å². The minimum Gasteiger partial charge on any atom is -0.350 e. The molecule has 126 valence electrons. The molecule has 3 N–H and O–H groups in total. The maximum Gasteiger partial charge on any atom is 0.259 e. The first-order valence-corrected chi connectivity index (χ1v) is 9.35. The molecular formula is C17H21N5OS. The molecule has 2 aliphatic heterocycles. The fourth-order valence-corrected chi connectivity index (χ4v) is 4.16. The van der Waals surface area contributed by atoms with E-state index >= 15 is 0 Å². The van der Waals surface area contributed by atoms with Gasteiger partial charge in [-0.3, -0.25) is 4.79 Å². The van der Waals surface area contributed by atoms with Gasteiger partial charge >= 0.3 is 0 Å². The molecule has 7 heteroatoms. The Labute approximate surface area is 145 Å². The van der Waals surface area contributed by atoms with Crippen LogP contribution in [0.4, 0.5) is 5.69 Å². The van der Waals surface area contributed by atoms with Gasteiger partial charge in [-0.25, -0.2) is 4.98 Å². The number of hydrogen-bond donors (Lipinski definition) is 3. The Balaban J connectivity index is 1.50. The molecule has 2 aliphatic rings. The van der Waals surface area contributed by atoms with Crippen LogP contribution in [0, 0.1) is 0 Å². The highest BCUT2D eigenvalue weighted by Crippen LogP contribution is 2.30. The molecule has 0 saturated carbocycles. The van der Waals surface area contributed by atoms with Crippen LogP contribution in [0.25, 0.3) is 11.0 Å². The maximum absolute atomic E-state index is 12.5. The average molecular weight is 343 g/mol. The second kappa shape index (κ2) is 6.86. The summed E-state index contributed by atoms with van der Waals surface area (Å²) in [5.74, 6) is 0.924. The molecule has 0 aromatic carbocycles. The fraction of sp³-hybridized carbons (Fsp3) is 0.412. The lowest BCUT2D eigenvalue weighted by atomic mass is 10.2. The third kappa shape index (κ3) is 3.14. The van der Waals surface area contributed by atoms with Crippen molar-refractivity contribution in [3.63, 3.8) is 0 Å². The van der Waals surface area contributed by atoms with Crippen LogP contribution >= 0.6 is 11.8 Å². The summed E-state index contributed by atoms with van der Waals surface area (Å²) in [4.78, 5) is 22.9. The van der Waals surface area contributed by atoms with Gasteiger partial charge in [0.05, 0.1) is 10.6 Å². The predicted octanol–water partition coefficient (Wildman–Crippen LogP) is 1.83. The molecule has 2 aromatic heterocycles. The summed E-state index contributed by atoms with van der Waals surface area (Å²) in [7, 11) is 0. The average Bonchev–Trinajstić information content (AvgIpc) is 3.30. The van der Waals surface area contributed by atoms with Gasteiger partial charge in [-0.05, 0) is 31.5 Å². The Hall–Kier alpha value is -1.99. The lowest BCUT2D eigenvalue weighted by Gasteiger charge is -2.26. The first-order valence-electron chi connectivity index (χ1n) is 8.36. The third-order valence-corrected chi connectivity index (χ3v) is 5.49. The Morgan fingerprint density at radius 1 is 1.46 bits per heavy atom. The summed E-state index contributed by atoms with van der Waals surface area (Å²) < 4.78 is 0. The molecule has 4 rings (SSSR count). The molecule has 2 aromatic rings. The number of pyridine rings is 1. The Morgan fingerprint density at radius 2 is 2.42 bits per heavy atom. The van der Waals surface area contributed by atoms with Gasteiger partial charge < -0.3 is 20.5 Å². The molecule has 4 heterocycles. The summed E-state index contributed by atoms with van der Waals surface area (Å²) in [6.45, 7) is 2.64. The SMILES string of the molecule is O=C(NC[C@H]1CCCN1)C1=CN(c2ccnc3[nH]ccc23)CCS1. The lowest BCUT2D eigenvalue weighted by Crippen LogP contribution is -2.38. The van der Waals surface area contributed by atoms with E-state index in [-0.39, 0.29) is 5.91 Å². The van der Waals surface area contributed by atoms with Gasteiger partial charge in [0.2, 0.25) is 0 Å². The van der Waals surface area contributed by atoms with Crippen molar-refractivity contribution < 1.29 is 4.79 Å². The number of rotatable bonds is 4. The van der Waals surface area contributed by atoms with E-state index < -0.39 is 0 Å². The Morgan fingerprint density at radius 3 is 3.29 bits per heavy atom. The maximum atomic E-state index is 12.5. The van der Waals surface area contributed by atoms with E-state index in [0.29, 0.717) is 12.6 Å². The van der Waals surface area contributed by atoms with Crippen LogP contribution in [0.15, 0.2) is 35.6 Å². The van der Waals surface area contributed by atoms with Gasteiger partial charge in [0, 0.05) is 48.9 Å².